The van der Waals surface area contributed by atoms with E-state index in [0.29, 0.717) is 0 Å². The fourth-order valence-electron chi connectivity index (χ4n) is 1.11. The predicted molar refractivity (Wildman–Crippen MR) is 67.9 cm³/mol. The third-order valence-corrected chi connectivity index (χ3v) is 9.00. The van der Waals surface area contributed by atoms with Gasteiger partial charge in [-0.05, 0) is 0 Å². The number of halogens is 3. The van der Waals surface area contributed by atoms with E-state index in [1.54, 1.807) is 0 Å². The molecule has 0 aromatic rings. The summed E-state index contributed by atoms with van der Waals surface area (Å²) >= 11 is 0. The second-order valence-corrected chi connectivity index (χ2v) is 11.0. The van der Waals surface area contributed by atoms with E-state index in [9.17, 15) is 25.8 Å². The van der Waals surface area contributed by atoms with Gasteiger partial charge in [-0.2, -0.15) is 13.2 Å². The Morgan fingerprint density at radius 3 is 1.75 bits per heavy atom. The lowest BCUT2D eigenvalue weighted by Crippen LogP contribution is -2.44. The van der Waals surface area contributed by atoms with Gasteiger partial charge in [0.05, 0.1) is 5.75 Å². The number of hydrogen-bond donors (Lipinski definition) is 0. The van der Waals surface area contributed by atoms with Crippen molar-refractivity contribution in [3.05, 3.63) is 0 Å². The minimum absolute atomic E-state index is 0.220. The van der Waals surface area contributed by atoms with Crippen molar-refractivity contribution < 1.29 is 39.1 Å². The van der Waals surface area contributed by atoms with Crippen LogP contribution in [0, 0.1) is 0 Å². The van der Waals surface area contributed by atoms with E-state index in [-0.39, 0.29) is 12.3 Å². The molecule has 0 saturated heterocycles. The average molecular weight is 359 g/mol. The molecule has 122 valence electrons. The number of sulfonamides is 1. The molecule has 0 N–H and O–H groups in total. The van der Waals surface area contributed by atoms with E-state index in [2.05, 4.69) is 3.77 Å². The first-order chi connectivity index (χ1) is 8.85. The molecule has 0 amide bonds. The molecule has 0 aliphatic heterocycles. The minimum atomic E-state index is -5.22. The number of nitrogens with zero attached hydrogens (tertiary/aromatic N) is 1. The van der Waals surface area contributed by atoms with Gasteiger partial charge in [0.15, 0.2) is 9.73 Å². The van der Waals surface area contributed by atoms with Gasteiger partial charge in [0.1, 0.15) is 0 Å². The van der Waals surface area contributed by atoms with Crippen LogP contribution < -0.4 is 0 Å². The Bertz CT molecular complexity index is 527. The fourth-order valence-corrected chi connectivity index (χ4v) is 6.62. The van der Waals surface area contributed by atoms with Crippen molar-refractivity contribution in [3.8, 4) is 0 Å². The van der Waals surface area contributed by atoms with E-state index in [4.69, 9.17) is 13.3 Å². The summed E-state index contributed by atoms with van der Waals surface area (Å²) in [6.07, 6.45) is 0.220. The molecule has 0 saturated carbocycles. The molecule has 1 unspecified atom stereocenters. The van der Waals surface area contributed by atoms with Gasteiger partial charge in [-0.15, -0.1) is 3.77 Å². The first-order valence-corrected chi connectivity index (χ1v) is 10.5. The molecule has 0 aromatic carbocycles. The highest BCUT2D eigenvalue weighted by Crippen LogP contribution is 2.25. The molecular formula is C7H16F3NO6S2Si. The smallest absolute Gasteiger partial charge is 0.377 e. The molecule has 20 heavy (non-hydrogen) atoms. The maximum atomic E-state index is 12.3. The van der Waals surface area contributed by atoms with Crippen molar-refractivity contribution >= 4 is 28.6 Å². The zero-order valence-corrected chi connectivity index (χ0v) is 13.9. The molecule has 1 atom stereocenters. The summed E-state index contributed by atoms with van der Waals surface area (Å²) in [7, 11) is -9.01. The summed E-state index contributed by atoms with van der Waals surface area (Å²) in [4.78, 5) is 0. The highest BCUT2D eigenvalue weighted by molar-refractivity contribution is 8.03. The van der Waals surface area contributed by atoms with Gasteiger partial charge in [0.25, 0.3) is 10.0 Å². The zero-order chi connectivity index (χ0) is 16.2. The molecule has 0 aliphatic carbocycles. The van der Waals surface area contributed by atoms with Crippen LogP contribution >= 0.6 is 0 Å². The third-order valence-electron chi connectivity index (χ3n) is 2.28. The number of hydrogen-bond acceptors (Lipinski definition) is 6. The molecule has 0 fully saturated rings. The number of alkyl halides is 3. The molecule has 0 aromatic heterocycles. The second kappa shape index (κ2) is 6.70. The van der Waals surface area contributed by atoms with Crippen LogP contribution in [0.5, 0.6) is 0 Å². The maximum Gasteiger partial charge on any atom is 0.501 e. The zero-order valence-electron chi connectivity index (χ0n) is 11.3. The molecule has 7 nitrogen and oxygen atoms in total. The molecule has 13 heteroatoms. The first kappa shape index (κ1) is 19.8. The van der Waals surface area contributed by atoms with Crippen molar-refractivity contribution in [1.29, 1.82) is 0 Å². The molecule has 0 rings (SSSR count). The summed E-state index contributed by atoms with van der Waals surface area (Å²) in [5.41, 5.74) is -5.22. The summed E-state index contributed by atoms with van der Waals surface area (Å²) in [5.74, 6) is -0.824. The van der Waals surface area contributed by atoms with Crippen molar-refractivity contribution in [2.24, 2.45) is 3.77 Å². The van der Waals surface area contributed by atoms with Gasteiger partial charge in [0.2, 0.25) is 0 Å². The highest BCUT2D eigenvalue weighted by atomic mass is 32.3. The highest BCUT2D eigenvalue weighted by Gasteiger charge is 2.43. The summed E-state index contributed by atoms with van der Waals surface area (Å²) in [6.45, 7) is 0. The molecule has 0 bridgehead atoms. The average Bonchev–Trinajstić information content (AvgIpc) is 2.28. The Labute approximate surface area is 117 Å². The van der Waals surface area contributed by atoms with Gasteiger partial charge in [-0.25, -0.2) is 12.6 Å². The van der Waals surface area contributed by atoms with Crippen LogP contribution in [0.1, 0.15) is 0 Å². The largest absolute Gasteiger partial charge is 0.501 e. The topological polar surface area (TPSA) is 91.3 Å². The summed E-state index contributed by atoms with van der Waals surface area (Å²) in [5, 5.41) is 0. The van der Waals surface area contributed by atoms with E-state index < -0.39 is 39.8 Å². The van der Waals surface area contributed by atoms with Crippen molar-refractivity contribution in [2.75, 3.05) is 33.3 Å². The van der Waals surface area contributed by atoms with E-state index >= 15 is 0 Å². The molecule has 0 heterocycles. The molecular weight excluding hydrogens is 343 g/mol. The van der Waals surface area contributed by atoms with Crippen LogP contribution in [0.3, 0.4) is 0 Å². The predicted octanol–water partition coefficient (Wildman–Crippen LogP) is 0.812. The quantitative estimate of drug-likeness (QED) is 0.625. The monoisotopic (exact) mass is 359 g/mol. The minimum Gasteiger partial charge on any atom is -0.377 e. The van der Waals surface area contributed by atoms with Crippen LogP contribution in [0.2, 0.25) is 6.04 Å². The molecule has 0 radical (unpaired) electrons. The van der Waals surface area contributed by atoms with Gasteiger partial charge in [-0.1, -0.05) is 0 Å². The lowest BCUT2D eigenvalue weighted by atomic mass is 11.0. The Hall–Kier alpha value is -0.213. The van der Waals surface area contributed by atoms with E-state index in [1.165, 1.54) is 21.3 Å². The summed E-state index contributed by atoms with van der Waals surface area (Å²) in [6, 6.07) is -0.310. The van der Waals surface area contributed by atoms with Gasteiger partial charge < -0.3 is 13.3 Å². The van der Waals surface area contributed by atoms with Gasteiger partial charge in [0, 0.05) is 33.6 Å². The van der Waals surface area contributed by atoms with Crippen molar-refractivity contribution in [2.45, 2.75) is 11.6 Å². The van der Waals surface area contributed by atoms with Crippen LogP contribution in [0.4, 0.5) is 13.2 Å². The standard InChI is InChI=1S/C7H16F3NO6S2Si/c1-15-20(16-2,17-3)6-5-19(13,14)11-18(4,12)7(8,9)10/h5-6H2,1-4H3. The fraction of sp³-hybridized carbons (Fsp3) is 1.00. The summed E-state index contributed by atoms with van der Waals surface area (Å²) < 4.78 is 88.4. The first-order valence-electron chi connectivity index (χ1n) is 5.02. The Morgan fingerprint density at radius 1 is 1.05 bits per heavy atom. The SMILES string of the molecule is CO[Si](CCS(=O)(=O)N=S(C)(=O)C(F)(F)F)(OC)OC. The van der Waals surface area contributed by atoms with Crippen LogP contribution in [-0.2, 0) is 33.0 Å². The second-order valence-electron chi connectivity index (χ2n) is 3.65. The third kappa shape index (κ3) is 5.29. The van der Waals surface area contributed by atoms with Crippen LogP contribution in [0.25, 0.3) is 0 Å². The molecule has 0 aliphatic rings. The molecule has 0 spiro atoms. The lowest BCUT2D eigenvalue weighted by Gasteiger charge is -2.23. The normalized spacial score (nSPS) is 16.8. The van der Waals surface area contributed by atoms with Crippen LogP contribution in [0.15, 0.2) is 3.77 Å². The van der Waals surface area contributed by atoms with Gasteiger partial charge in [-0.3, -0.25) is 0 Å². The lowest BCUT2D eigenvalue weighted by molar-refractivity contribution is -0.0395. The number of rotatable bonds is 7. The Kier molecular flexibility index (Phi) is 6.63. The van der Waals surface area contributed by atoms with E-state index in [1.807, 2.05) is 0 Å². The van der Waals surface area contributed by atoms with Crippen molar-refractivity contribution in [3.63, 3.8) is 0 Å². The van der Waals surface area contributed by atoms with Crippen LogP contribution in [-0.4, -0.2) is 60.3 Å². The Balaban J connectivity index is 5.24. The van der Waals surface area contributed by atoms with Crippen molar-refractivity contribution in [1.82, 2.24) is 0 Å². The maximum absolute atomic E-state index is 12.3. The Morgan fingerprint density at radius 2 is 1.45 bits per heavy atom. The van der Waals surface area contributed by atoms with Gasteiger partial charge >= 0.3 is 14.3 Å². The van der Waals surface area contributed by atoms with E-state index in [0.717, 1.165) is 0 Å².